The molecule has 0 radical (unpaired) electrons. The molecular weight excluding hydrogens is 290 g/mol. The van der Waals surface area contributed by atoms with Crippen LogP contribution in [0.5, 0.6) is 0 Å². The van der Waals surface area contributed by atoms with Gasteiger partial charge in [-0.3, -0.25) is 5.32 Å². The van der Waals surface area contributed by atoms with E-state index in [2.05, 4.69) is 57.1 Å². The summed E-state index contributed by atoms with van der Waals surface area (Å²) in [7, 11) is 0. The molecule has 0 spiro atoms. The zero-order valence-electron chi connectivity index (χ0n) is 12.3. The Morgan fingerprint density at radius 1 is 1.23 bits per heavy atom. The molecule has 4 rings (SSSR count). The van der Waals surface area contributed by atoms with E-state index < -0.39 is 0 Å². The Bertz CT molecular complexity index is 663. The second-order valence-electron chi connectivity index (χ2n) is 5.82. The van der Waals surface area contributed by atoms with Gasteiger partial charge in [0, 0.05) is 23.8 Å². The molecule has 3 nitrogen and oxygen atoms in total. The minimum Gasteiger partial charge on any atom is -0.347 e. The molecule has 0 saturated heterocycles. The largest absolute Gasteiger partial charge is 0.347 e. The van der Waals surface area contributed by atoms with Crippen LogP contribution in [0.25, 0.3) is 0 Å². The standard InChI is InChI=1S/C18H19N3S/c1-2-16(22-11-1)17(18-19-9-10-20-18)21-12-13-3-5-14(6-4-13)15-7-8-15/h1-6,9-11,15,17,21H,7-8,12H2,(H,19,20)/t17-/m0/s1. The van der Waals surface area contributed by atoms with E-state index in [0.29, 0.717) is 0 Å². The number of nitrogens with zero attached hydrogens (tertiary/aromatic N) is 1. The Morgan fingerprint density at radius 2 is 2.09 bits per heavy atom. The van der Waals surface area contributed by atoms with E-state index in [-0.39, 0.29) is 6.04 Å². The van der Waals surface area contributed by atoms with Crippen molar-refractivity contribution in [2.75, 3.05) is 0 Å². The van der Waals surface area contributed by atoms with E-state index in [1.807, 2.05) is 12.4 Å². The molecule has 3 aromatic rings. The SMILES string of the molecule is c1csc([C@H](NCc2ccc(C3CC3)cc2)c2ncc[nH]2)c1. The highest BCUT2D eigenvalue weighted by atomic mass is 32.1. The third kappa shape index (κ3) is 2.98. The Kier molecular flexibility index (Phi) is 3.79. The van der Waals surface area contributed by atoms with Gasteiger partial charge in [0.2, 0.25) is 0 Å². The number of hydrogen-bond donors (Lipinski definition) is 2. The lowest BCUT2D eigenvalue weighted by molar-refractivity contribution is 0.588. The van der Waals surface area contributed by atoms with Crippen molar-refractivity contribution in [3.63, 3.8) is 0 Å². The summed E-state index contributed by atoms with van der Waals surface area (Å²) in [6.07, 6.45) is 6.40. The summed E-state index contributed by atoms with van der Waals surface area (Å²) >= 11 is 1.76. The quantitative estimate of drug-likeness (QED) is 0.715. The maximum absolute atomic E-state index is 4.42. The summed E-state index contributed by atoms with van der Waals surface area (Å²) in [5.41, 5.74) is 2.81. The number of imidazole rings is 1. The molecule has 0 amide bonds. The van der Waals surface area contributed by atoms with Crippen LogP contribution in [0.2, 0.25) is 0 Å². The van der Waals surface area contributed by atoms with Crippen LogP contribution in [-0.4, -0.2) is 9.97 Å². The molecule has 2 heterocycles. The Morgan fingerprint density at radius 3 is 2.73 bits per heavy atom. The fourth-order valence-corrected chi connectivity index (χ4v) is 3.57. The highest BCUT2D eigenvalue weighted by molar-refractivity contribution is 7.10. The summed E-state index contributed by atoms with van der Waals surface area (Å²) in [6.45, 7) is 0.841. The van der Waals surface area contributed by atoms with Crippen molar-refractivity contribution in [3.05, 3.63) is 76.0 Å². The molecule has 1 fully saturated rings. The van der Waals surface area contributed by atoms with Gasteiger partial charge < -0.3 is 4.98 Å². The molecule has 2 N–H and O–H groups in total. The average molecular weight is 309 g/mol. The molecule has 4 heteroatoms. The molecule has 1 saturated carbocycles. The first-order valence-electron chi connectivity index (χ1n) is 7.75. The molecule has 2 aromatic heterocycles. The fraction of sp³-hybridized carbons (Fsp3) is 0.278. The molecule has 0 unspecified atom stereocenters. The van der Waals surface area contributed by atoms with Gasteiger partial charge >= 0.3 is 0 Å². The number of benzene rings is 1. The van der Waals surface area contributed by atoms with Crippen LogP contribution in [0, 0.1) is 0 Å². The van der Waals surface area contributed by atoms with Crippen LogP contribution >= 0.6 is 11.3 Å². The Balaban J connectivity index is 1.47. The van der Waals surface area contributed by atoms with E-state index in [1.54, 1.807) is 11.3 Å². The number of nitrogens with one attached hydrogen (secondary N) is 2. The first kappa shape index (κ1) is 13.7. The third-order valence-electron chi connectivity index (χ3n) is 4.16. The maximum atomic E-state index is 4.42. The van der Waals surface area contributed by atoms with Crippen LogP contribution in [0.15, 0.2) is 54.2 Å². The minimum atomic E-state index is 0.123. The fourth-order valence-electron chi connectivity index (χ4n) is 2.77. The highest BCUT2D eigenvalue weighted by Crippen LogP contribution is 2.39. The topological polar surface area (TPSA) is 40.7 Å². The van der Waals surface area contributed by atoms with Crippen LogP contribution in [-0.2, 0) is 6.54 Å². The van der Waals surface area contributed by atoms with E-state index in [0.717, 1.165) is 18.3 Å². The predicted molar refractivity (Wildman–Crippen MR) is 90.0 cm³/mol. The smallest absolute Gasteiger partial charge is 0.128 e. The van der Waals surface area contributed by atoms with Crippen LogP contribution in [0.1, 0.15) is 46.6 Å². The number of thiophene rings is 1. The zero-order chi connectivity index (χ0) is 14.8. The van der Waals surface area contributed by atoms with Gasteiger partial charge in [-0.1, -0.05) is 30.3 Å². The number of aromatic amines is 1. The van der Waals surface area contributed by atoms with E-state index in [9.17, 15) is 0 Å². The van der Waals surface area contributed by atoms with Crippen molar-refractivity contribution in [1.82, 2.24) is 15.3 Å². The number of hydrogen-bond acceptors (Lipinski definition) is 3. The predicted octanol–water partition coefficient (Wildman–Crippen LogP) is 4.23. The van der Waals surface area contributed by atoms with Gasteiger partial charge in [-0.05, 0) is 41.3 Å². The Hall–Kier alpha value is -1.91. The van der Waals surface area contributed by atoms with Gasteiger partial charge in [-0.2, -0.15) is 0 Å². The second kappa shape index (κ2) is 6.07. The van der Waals surface area contributed by atoms with E-state index >= 15 is 0 Å². The van der Waals surface area contributed by atoms with Crippen molar-refractivity contribution in [2.45, 2.75) is 31.3 Å². The lowest BCUT2D eigenvalue weighted by Crippen LogP contribution is -2.22. The summed E-state index contributed by atoms with van der Waals surface area (Å²) < 4.78 is 0. The number of rotatable bonds is 6. The zero-order valence-corrected chi connectivity index (χ0v) is 13.1. The number of H-pyrrole nitrogens is 1. The highest BCUT2D eigenvalue weighted by Gasteiger charge is 2.23. The summed E-state index contributed by atoms with van der Waals surface area (Å²) in [5.74, 6) is 1.79. The molecule has 1 aromatic carbocycles. The van der Waals surface area contributed by atoms with E-state index in [4.69, 9.17) is 0 Å². The van der Waals surface area contributed by atoms with Gasteiger partial charge in [0.25, 0.3) is 0 Å². The molecular formula is C18H19N3S. The molecule has 1 atom stereocenters. The second-order valence-corrected chi connectivity index (χ2v) is 6.80. The lowest BCUT2D eigenvalue weighted by Gasteiger charge is -2.15. The van der Waals surface area contributed by atoms with Gasteiger partial charge in [0.05, 0.1) is 0 Å². The van der Waals surface area contributed by atoms with Crippen LogP contribution in [0.4, 0.5) is 0 Å². The third-order valence-corrected chi connectivity index (χ3v) is 5.10. The Labute approximate surface area is 134 Å². The van der Waals surface area contributed by atoms with Crippen LogP contribution in [0.3, 0.4) is 0 Å². The first-order valence-corrected chi connectivity index (χ1v) is 8.63. The molecule has 1 aliphatic rings. The summed E-state index contributed by atoms with van der Waals surface area (Å²) in [4.78, 5) is 8.93. The lowest BCUT2D eigenvalue weighted by atomic mass is 10.1. The maximum Gasteiger partial charge on any atom is 0.128 e. The summed E-state index contributed by atoms with van der Waals surface area (Å²) in [6, 6.07) is 13.4. The van der Waals surface area contributed by atoms with Gasteiger partial charge in [-0.25, -0.2) is 4.98 Å². The first-order chi connectivity index (χ1) is 10.9. The molecule has 22 heavy (non-hydrogen) atoms. The van der Waals surface area contributed by atoms with Gasteiger partial charge in [0.15, 0.2) is 0 Å². The van der Waals surface area contributed by atoms with Gasteiger partial charge in [0.1, 0.15) is 11.9 Å². The summed E-state index contributed by atoms with van der Waals surface area (Å²) in [5, 5.41) is 5.73. The van der Waals surface area contributed by atoms with Crippen molar-refractivity contribution < 1.29 is 0 Å². The van der Waals surface area contributed by atoms with Crippen molar-refractivity contribution in [2.24, 2.45) is 0 Å². The number of aromatic nitrogens is 2. The normalized spacial score (nSPS) is 15.8. The van der Waals surface area contributed by atoms with Crippen molar-refractivity contribution in [1.29, 1.82) is 0 Å². The minimum absolute atomic E-state index is 0.123. The molecule has 112 valence electrons. The monoisotopic (exact) mass is 309 g/mol. The average Bonchev–Trinajstić information content (AvgIpc) is 3.03. The molecule has 0 aliphatic heterocycles. The van der Waals surface area contributed by atoms with E-state index in [1.165, 1.54) is 28.8 Å². The van der Waals surface area contributed by atoms with Crippen molar-refractivity contribution >= 4 is 11.3 Å². The molecule has 0 bridgehead atoms. The van der Waals surface area contributed by atoms with Crippen LogP contribution < -0.4 is 5.32 Å². The van der Waals surface area contributed by atoms with Crippen molar-refractivity contribution in [3.8, 4) is 0 Å². The molecule has 1 aliphatic carbocycles. The van der Waals surface area contributed by atoms with Gasteiger partial charge in [-0.15, -0.1) is 11.3 Å².